The predicted molar refractivity (Wildman–Crippen MR) is 295 cm³/mol. The van der Waals surface area contributed by atoms with Gasteiger partial charge in [0, 0.05) is 95.2 Å². The first kappa shape index (κ1) is 48.2. The molecule has 0 amide bonds. The van der Waals surface area contributed by atoms with Crippen LogP contribution in [0.1, 0.15) is 49.3 Å². The fourth-order valence-corrected chi connectivity index (χ4v) is 10.8. The second-order valence-corrected chi connectivity index (χ2v) is 19.9. The van der Waals surface area contributed by atoms with E-state index in [1.54, 1.807) is 7.11 Å². The van der Waals surface area contributed by atoms with Crippen molar-refractivity contribution < 1.29 is 14.9 Å². The fraction of sp³-hybridized carbons (Fsp3) is 0.352. The van der Waals surface area contributed by atoms with Crippen molar-refractivity contribution in [2.75, 3.05) is 72.8 Å². The van der Waals surface area contributed by atoms with Gasteiger partial charge in [-0.3, -0.25) is 0 Å². The molecule has 10 heterocycles. The Labute approximate surface area is 427 Å². The van der Waals surface area contributed by atoms with Gasteiger partial charge >= 0.3 is 0 Å². The number of hydrogen-bond donors (Lipinski definition) is 7. The molecular formula is C54H65N17O3. The van der Waals surface area contributed by atoms with Crippen LogP contribution in [0.5, 0.6) is 0 Å². The summed E-state index contributed by atoms with van der Waals surface area (Å²) in [5.41, 5.74) is 42.8. The number of nitrogens with zero attached hydrogens (tertiary/aromatic N) is 12. The summed E-state index contributed by atoms with van der Waals surface area (Å²) < 4.78 is 16.2. The molecule has 0 saturated carbocycles. The molecule has 0 radical (unpaired) electrons. The Morgan fingerprint density at radius 3 is 1.38 bits per heavy atom. The van der Waals surface area contributed by atoms with Crippen LogP contribution in [0.15, 0.2) is 91.0 Å². The molecule has 20 heteroatoms. The van der Waals surface area contributed by atoms with Gasteiger partial charge in [0.15, 0.2) is 0 Å². The maximum Gasteiger partial charge on any atom is 0.206 e. The van der Waals surface area contributed by atoms with Crippen molar-refractivity contribution in [3.63, 3.8) is 0 Å². The molecule has 384 valence electrons. The van der Waals surface area contributed by atoms with Crippen LogP contribution in [0.2, 0.25) is 0 Å². The van der Waals surface area contributed by atoms with Crippen molar-refractivity contribution in [1.82, 2.24) is 47.8 Å². The number of ether oxygens (including phenoxy) is 1. The average Bonchev–Trinajstić information content (AvgIpc) is 4.27. The smallest absolute Gasteiger partial charge is 0.206 e. The molecule has 0 fully saturated rings. The predicted octanol–water partition coefficient (Wildman–Crippen LogP) is 6.09. The van der Waals surface area contributed by atoms with Gasteiger partial charge in [-0.2, -0.15) is 0 Å². The number of aliphatic hydroxyl groups excluding tert-OH is 2. The molecule has 10 aromatic rings. The van der Waals surface area contributed by atoms with E-state index in [0.717, 1.165) is 148 Å². The maximum absolute atomic E-state index is 9.64. The zero-order valence-electron chi connectivity index (χ0n) is 42.1. The molecule has 0 spiro atoms. The molecule has 5 aliphatic heterocycles. The Balaban J connectivity index is 0.0000000994. The Kier molecular flexibility index (Phi) is 12.9. The lowest BCUT2D eigenvalue weighted by atomic mass is 10.2. The third-order valence-electron chi connectivity index (χ3n) is 14.6. The number of benzene rings is 5. The fourth-order valence-electron chi connectivity index (χ4n) is 10.8. The SMILES string of the molecule is CN1CCCCn2c1nc1cc(N)ccc12.CN1CCCn2c1nc1cc(N)ccc12.COC1Cc2nc3cc(N)ccc3n2C1.Nc1ccc2c(c1)nc1n2CC(O)C1.Nc1ccc2c(c1)nc1n2CCC1O. The number of hydrogen-bond acceptors (Lipinski definition) is 15. The van der Waals surface area contributed by atoms with Crippen molar-refractivity contribution in [3.8, 4) is 0 Å². The van der Waals surface area contributed by atoms with Crippen LogP contribution >= 0.6 is 0 Å². The molecule has 3 atom stereocenters. The molecule has 5 aromatic heterocycles. The van der Waals surface area contributed by atoms with Crippen molar-refractivity contribution >= 4 is 95.5 Å². The summed E-state index contributed by atoms with van der Waals surface area (Å²) in [7, 11) is 5.93. The maximum atomic E-state index is 9.64. The monoisotopic (exact) mass is 1000 g/mol. The highest BCUT2D eigenvalue weighted by Crippen LogP contribution is 2.32. The van der Waals surface area contributed by atoms with E-state index in [0.29, 0.717) is 18.7 Å². The van der Waals surface area contributed by atoms with Crippen LogP contribution in [0.25, 0.3) is 55.2 Å². The van der Waals surface area contributed by atoms with Crippen LogP contribution < -0.4 is 38.5 Å². The van der Waals surface area contributed by atoms with Gasteiger partial charge in [-0.05, 0) is 117 Å². The minimum absolute atomic E-state index is 0.273. The summed E-state index contributed by atoms with van der Waals surface area (Å²) in [6.07, 6.45) is 5.52. The number of nitrogen functional groups attached to an aromatic ring is 5. The first-order chi connectivity index (χ1) is 35.8. The number of rotatable bonds is 1. The van der Waals surface area contributed by atoms with Crippen LogP contribution in [-0.4, -0.2) is 104 Å². The van der Waals surface area contributed by atoms with Gasteiger partial charge in [0.2, 0.25) is 11.9 Å². The Morgan fingerprint density at radius 1 is 0.459 bits per heavy atom. The molecule has 0 bridgehead atoms. The Bertz CT molecular complexity index is 3680. The zero-order chi connectivity index (χ0) is 51.4. The highest BCUT2D eigenvalue weighted by atomic mass is 16.5. The van der Waals surface area contributed by atoms with Gasteiger partial charge in [-0.1, -0.05) is 0 Å². The van der Waals surface area contributed by atoms with Crippen molar-refractivity contribution in [2.24, 2.45) is 0 Å². The molecule has 15 rings (SSSR count). The van der Waals surface area contributed by atoms with E-state index in [-0.39, 0.29) is 12.2 Å². The van der Waals surface area contributed by atoms with Gasteiger partial charge in [-0.25, -0.2) is 24.9 Å². The van der Waals surface area contributed by atoms with Crippen LogP contribution in [0.4, 0.5) is 40.3 Å². The largest absolute Gasteiger partial charge is 0.399 e. The van der Waals surface area contributed by atoms with E-state index >= 15 is 0 Å². The van der Waals surface area contributed by atoms with E-state index < -0.39 is 6.10 Å². The van der Waals surface area contributed by atoms with E-state index in [1.807, 2.05) is 78.9 Å². The van der Waals surface area contributed by atoms with E-state index in [9.17, 15) is 10.2 Å². The molecule has 74 heavy (non-hydrogen) atoms. The van der Waals surface area contributed by atoms with Crippen molar-refractivity contribution in [2.45, 2.75) is 89.6 Å². The normalized spacial score (nSPS) is 18.3. The molecule has 20 nitrogen and oxygen atoms in total. The number of methoxy groups -OCH3 is 1. The number of fused-ring (bicyclic) bond motifs is 15. The topological polar surface area (TPSA) is 275 Å². The van der Waals surface area contributed by atoms with Gasteiger partial charge in [0.1, 0.15) is 23.6 Å². The molecule has 5 aliphatic rings. The number of nitrogens with two attached hydrogens (primary N) is 5. The molecule has 3 unspecified atom stereocenters. The summed E-state index contributed by atoms with van der Waals surface area (Å²) in [6.45, 7) is 6.66. The number of aromatic nitrogens is 10. The molecule has 5 aromatic carbocycles. The van der Waals surface area contributed by atoms with Crippen LogP contribution in [0, 0.1) is 0 Å². The number of aliphatic hydroxyl groups is 2. The van der Waals surface area contributed by atoms with Gasteiger partial charge in [-0.15, -0.1) is 0 Å². The quantitative estimate of drug-likeness (QED) is 0.0917. The molecule has 12 N–H and O–H groups in total. The lowest BCUT2D eigenvalue weighted by Gasteiger charge is -2.24. The first-order valence-electron chi connectivity index (χ1n) is 25.4. The van der Waals surface area contributed by atoms with Crippen LogP contribution in [0.3, 0.4) is 0 Å². The lowest BCUT2D eigenvalue weighted by Crippen LogP contribution is -2.28. The van der Waals surface area contributed by atoms with E-state index in [2.05, 4.69) is 83.8 Å². The van der Waals surface area contributed by atoms with Crippen LogP contribution in [-0.2, 0) is 50.3 Å². The first-order valence-corrected chi connectivity index (χ1v) is 25.4. The van der Waals surface area contributed by atoms with Gasteiger partial charge in [0.25, 0.3) is 0 Å². The molecule has 0 aliphatic carbocycles. The van der Waals surface area contributed by atoms with E-state index in [1.165, 1.54) is 30.3 Å². The number of aryl methyl sites for hydroxylation is 3. The van der Waals surface area contributed by atoms with E-state index in [4.69, 9.17) is 33.4 Å². The van der Waals surface area contributed by atoms with Gasteiger partial charge in [0.05, 0.1) is 80.5 Å². The third-order valence-corrected chi connectivity index (χ3v) is 14.6. The zero-order valence-corrected chi connectivity index (χ0v) is 42.1. The minimum atomic E-state index is -0.413. The van der Waals surface area contributed by atoms with Gasteiger partial charge < -0.3 is 76.3 Å². The highest BCUT2D eigenvalue weighted by molar-refractivity contribution is 5.84. The van der Waals surface area contributed by atoms with Crippen molar-refractivity contribution in [3.05, 3.63) is 108 Å². The summed E-state index contributed by atoms with van der Waals surface area (Å²) in [6, 6.07) is 29.1. The second kappa shape index (κ2) is 19.7. The summed E-state index contributed by atoms with van der Waals surface area (Å²) in [5, 5.41) is 19.1. The summed E-state index contributed by atoms with van der Waals surface area (Å²) in [5.74, 6) is 4.95. The number of anilines is 7. The Morgan fingerprint density at radius 2 is 0.865 bits per heavy atom. The lowest BCUT2D eigenvalue weighted by molar-refractivity contribution is 0.104. The number of imidazole rings is 5. The summed E-state index contributed by atoms with van der Waals surface area (Å²) >= 11 is 0. The highest BCUT2D eigenvalue weighted by Gasteiger charge is 2.27. The third kappa shape index (κ3) is 9.31. The Hall–Kier alpha value is -8.07. The molecular weight excluding hydrogens is 935 g/mol. The van der Waals surface area contributed by atoms with Crippen molar-refractivity contribution in [1.29, 1.82) is 0 Å². The second-order valence-electron chi connectivity index (χ2n) is 19.9. The minimum Gasteiger partial charge on any atom is -0.399 e. The average molecular weight is 1000 g/mol. The molecule has 0 saturated heterocycles. The standard InChI is InChI=1S/C12H16N4.C11H14N4.C11H13N3O.2C10H11N3O/c1-15-6-2-3-7-16-11-5-4-9(13)8-10(11)14-12(15)16;1-14-5-2-6-15-10-4-3-8(12)7-9(10)13-11(14)15;1-15-8-5-11-13-9-4-7(12)2-3-10(9)14(11)6-8;11-6-1-2-9-8(3-6)12-10-4-7(14)5-13(9)10;11-6-1-2-8-7(5-6)12-10-9(14)3-4-13(8)10/h4-5,8H,2-3,6-7,13H2,1H3;3-4,7H,2,5-6,12H2,1H3;2-4,8H,5-6,12H2,1H3;1-3,7,14H,4-5,11H2;1-2,5,9,14H,3-4,11H2. The summed E-state index contributed by atoms with van der Waals surface area (Å²) in [4.78, 5) is 27.0.